The molecule has 0 aliphatic carbocycles. The molecule has 0 aromatic carbocycles. The van der Waals surface area contributed by atoms with E-state index in [9.17, 15) is 14.9 Å². The van der Waals surface area contributed by atoms with Crippen LogP contribution in [-0.4, -0.2) is 67.0 Å². The van der Waals surface area contributed by atoms with Gasteiger partial charge in [-0.3, -0.25) is 9.59 Å². The molecule has 8 nitrogen and oxygen atoms in total. The Morgan fingerprint density at radius 3 is 3.00 bits per heavy atom. The van der Waals surface area contributed by atoms with Gasteiger partial charge in [0.1, 0.15) is 16.6 Å². The molecule has 2 fully saturated rings. The van der Waals surface area contributed by atoms with Gasteiger partial charge in [-0.25, -0.2) is 0 Å². The molecule has 1 N–H and O–H groups in total. The number of ether oxygens (including phenoxy) is 1. The summed E-state index contributed by atoms with van der Waals surface area (Å²) in [5.41, 5.74) is 0.342. The third-order valence-electron chi connectivity index (χ3n) is 5.13. The van der Waals surface area contributed by atoms with Gasteiger partial charge in [0, 0.05) is 58.8 Å². The Labute approximate surface area is 173 Å². The maximum atomic E-state index is 12.7. The van der Waals surface area contributed by atoms with E-state index in [2.05, 4.69) is 15.8 Å². The number of carbonyl (C=O) groups excluding carboxylic acids is 2. The molecule has 2 saturated heterocycles. The van der Waals surface area contributed by atoms with E-state index in [0.717, 1.165) is 37.6 Å². The zero-order chi connectivity index (χ0) is 19.9. The third-order valence-corrected chi connectivity index (χ3v) is 6.41. The van der Waals surface area contributed by atoms with Crippen molar-refractivity contribution in [3.05, 3.63) is 10.7 Å². The molecule has 1 unspecified atom stereocenters. The van der Waals surface area contributed by atoms with Crippen LogP contribution in [0.15, 0.2) is 0 Å². The number of amides is 2. The number of anilines is 1. The molecule has 2 aliphatic heterocycles. The number of hydrogen-bond acceptors (Lipinski definition) is 7. The quantitative estimate of drug-likeness (QED) is 0.787. The molecular weight excluding hydrogens is 402 g/mol. The predicted octanol–water partition coefficient (Wildman–Crippen LogP) is 1.64. The van der Waals surface area contributed by atoms with E-state index in [-0.39, 0.29) is 17.0 Å². The SMILES string of the molecule is N#Cc1c(Cl)nsc1N1CCNC(=O)CCN(C(=O)CCC2CCOC2)CC1. The summed E-state index contributed by atoms with van der Waals surface area (Å²) in [5.74, 6) is 0.428. The van der Waals surface area contributed by atoms with Gasteiger partial charge in [0.25, 0.3) is 0 Å². The highest BCUT2D eigenvalue weighted by atomic mass is 35.5. The van der Waals surface area contributed by atoms with Crippen molar-refractivity contribution in [2.45, 2.75) is 25.7 Å². The minimum absolute atomic E-state index is 0.0584. The van der Waals surface area contributed by atoms with E-state index < -0.39 is 0 Å². The largest absolute Gasteiger partial charge is 0.381 e. The minimum Gasteiger partial charge on any atom is -0.381 e. The fraction of sp³-hybridized carbons (Fsp3) is 0.667. The van der Waals surface area contributed by atoms with Crippen molar-refractivity contribution in [1.29, 1.82) is 5.26 Å². The summed E-state index contributed by atoms with van der Waals surface area (Å²) < 4.78 is 9.44. The van der Waals surface area contributed by atoms with E-state index in [1.54, 1.807) is 4.90 Å². The Kier molecular flexibility index (Phi) is 7.48. The van der Waals surface area contributed by atoms with E-state index in [1.807, 2.05) is 4.90 Å². The van der Waals surface area contributed by atoms with Crippen molar-refractivity contribution in [3.8, 4) is 6.07 Å². The van der Waals surface area contributed by atoms with E-state index in [0.29, 0.717) is 62.0 Å². The predicted molar refractivity (Wildman–Crippen MR) is 106 cm³/mol. The van der Waals surface area contributed by atoms with Crippen LogP contribution in [0.2, 0.25) is 5.15 Å². The fourth-order valence-corrected chi connectivity index (χ4v) is 4.52. The van der Waals surface area contributed by atoms with Gasteiger partial charge in [0.2, 0.25) is 11.8 Å². The average molecular weight is 426 g/mol. The molecule has 0 radical (unpaired) electrons. The van der Waals surface area contributed by atoms with Gasteiger partial charge in [-0.2, -0.15) is 9.64 Å². The van der Waals surface area contributed by atoms with Crippen molar-refractivity contribution in [2.75, 3.05) is 50.8 Å². The van der Waals surface area contributed by atoms with Crippen LogP contribution in [0.25, 0.3) is 0 Å². The Morgan fingerprint density at radius 1 is 1.39 bits per heavy atom. The lowest BCUT2D eigenvalue weighted by Crippen LogP contribution is -2.45. The summed E-state index contributed by atoms with van der Waals surface area (Å²) in [6, 6.07) is 2.09. The maximum absolute atomic E-state index is 12.7. The zero-order valence-electron chi connectivity index (χ0n) is 15.7. The first-order chi connectivity index (χ1) is 13.6. The number of halogens is 1. The van der Waals surface area contributed by atoms with Crippen LogP contribution in [0.3, 0.4) is 0 Å². The highest BCUT2D eigenvalue weighted by molar-refractivity contribution is 7.10. The monoisotopic (exact) mass is 425 g/mol. The maximum Gasteiger partial charge on any atom is 0.222 e. The first-order valence-electron chi connectivity index (χ1n) is 9.51. The van der Waals surface area contributed by atoms with E-state index in [1.165, 1.54) is 0 Å². The van der Waals surface area contributed by atoms with Crippen molar-refractivity contribution in [1.82, 2.24) is 14.6 Å². The second kappa shape index (κ2) is 10.0. The molecule has 0 saturated carbocycles. The molecule has 0 bridgehead atoms. The van der Waals surface area contributed by atoms with Gasteiger partial charge in [0.05, 0.1) is 0 Å². The first kappa shape index (κ1) is 20.8. The molecule has 3 rings (SSSR count). The molecule has 0 spiro atoms. The molecule has 1 aromatic heterocycles. The summed E-state index contributed by atoms with van der Waals surface area (Å²) in [7, 11) is 0. The summed E-state index contributed by atoms with van der Waals surface area (Å²) in [6.07, 6.45) is 2.58. The summed E-state index contributed by atoms with van der Waals surface area (Å²) in [5, 5.41) is 13.1. The van der Waals surface area contributed by atoms with Crippen LogP contribution >= 0.6 is 23.1 Å². The van der Waals surface area contributed by atoms with E-state index >= 15 is 0 Å². The van der Waals surface area contributed by atoms with E-state index in [4.69, 9.17) is 16.3 Å². The van der Waals surface area contributed by atoms with Crippen molar-refractivity contribution in [2.24, 2.45) is 5.92 Å². The second-order valence-corrected chi connectivity index (χ2v) is 8.11. The zero-order valence-corrected chi connectivity index (χ0v) is 17.2. The van der Waals surface area contributed by atoms with Gasteiger partial charge in [-0.15, -0.1) is 0 Å². The molecule has 2 amide bonds. The molecular formula is C18H24ClN5O3S. The molecule has 3 heterocycles. The number of nitrogens with one attached hydrogen (secondary N) is 1. The second-order valence-electron chi connectivity index (χ2n) is 7.00. The number of nitriles is 1. The minimum atomic E-state index is -0.0771. The lowest BCUT2D eigenvalue weighted by Gasteiger charge is -2.30. The van der Waals surface area contributed by atoms with Crippen molar-refractivity contribution in [3.63, 3.8) is 0 Å². The van der Waals surface area contributed by atoms with Gasteiger partial charge >= 0.3 is 0 Å². The summed E-state index contributed by atoms with van der Waals surface area (Å²) >= 11 is 7.17. The molecule has 1 atom stereocenters. The van der Waals surface area contributed by atoms with Crippen LogP contribution in [0.5, 0.6) is 0 Å². The topological polar surface area (TPSA) is 98.6 Å². The van der Waals surface area contributed by atoms with Gasteiger partial charge in [0.15, 0.2) is 5.15 Å². The Bertz CT molecular complexity index is 744. The van der Waals surface area contributed by atoms with Gasteiger partial charge < -0.3 is 19.9 Å². The molecule has 28 heavy (non-hydrogen) atoms. The number of rotatable bonds is 4. The standard InChI is InChI=1S/C18H24ClN5O3S/c19-17-14(11-20)18(28-22-17)24-7-5-21-15(25)3-6-23(8-9-24)16(26)2-1-13-4-10-27-12-13/h13H,1-10,12H2,(H,21,25). The van der Waals surface area contributed by atoms with Gasteiger partial charge in [-0.1, -0.05) is 11.6 Å². The molecule has 2 aliphatic rings. The highest BCUT2D eigenvalue weighted by Gasteiger charge is 2.24. The molecule has 1 aromatic rings. The third kappa shape index (κ3) is 5.34. The van der Waals surface area contributed by atoms with Crippen LogP contribution < -0.4 is 10.2 Å². The fourth-order valence-electron chi connectivity index (χ4n) is 3.44. The normalized spacial score (nSPS) is 21.3. The Balaban J connectivity index is 1.66. The van der Waals surface area contributed by atoms with Crippen molar-refractivity contribution < 1.29 is 14.3 Å². The number of carbonyl (C=O) groups is 2. The smallest absolute Gasteiger partial charge is 0.222 e. The van der Waals surface area contributed by atoms with Crippen LogP contribution in [0.4, 0.5) is 5.00 Å². The molecule has 10 heteroatoms. The number of hydrogen-bond donors (Lipinski definition) is 1. The van der Waals surface area contributed by atoms with Gasteiger partial charge in [-0.05, 0) is 30.3 Å². The number of aromatic nitrogens is 1. The van der Waals surface area contributed by atoms with Crippen molar-refractivity contribution >= 4 is 39.9 Å². The van der Waals surface area contributed by atoms with Crippen LogP contribution in [0, 0.1) is 17.2 Å². The highest BCUT2D eigenvalue weighted by Crippen LogP contribution is 2.31. The lowest BCUT2D eigenvalue weighted by molar-refractivity contribution is -0.132. The summed E-state index contributed by atoms with van der Waals surface area (Å²) in [4.78, 5) is 28.5. The summed E-state index contributed by atoms with van der Waals surface area (Å²) in [6.45, 7) is 3.95. The first-order valence-corrected chi connectivity index (χ1v) is 10.7. The average Bonchev–Trinajstić information content (AvgIpc) is 3.34. The number of nitrogens with zero attached hydrogens (tertiary/aromatic N) is 4. The molecule has 152 valence electrons. The van der Waals surface area contributed by atoms with Crippen LogP contribution in [0.1, 0.15) is 31.2 Å². The Morgan fingerprint density at radius 2 is 2.25 bits per heavy atom. The lowest BCUT2D eigenvalue weighted by atomic mass is 10.0. The van der Waals surface area contributed by atoms with Crippen LogP contribution in [-0.2, 0) is 14.3 Å². The Hall–Kier alpha value is -1.89.